The molecule has 2 aliphatic rings. The Morgan fingerprint density at radius 1 is 1.17 bits per heavy atom. The number of carbonyl (C=O) groups is 1. The van der Waals surface area contributed by atoms with Crippen LogP contribution in [0.5, 0.6) is 0 Å². The molecular formula is C21H20N4O3S. The lowest BCUT2D eigenvalue weighted by molar-refractivity contribution is 0.0342. The minimum absolute atomic E-state index is 0.111. The van der Waals surface area contributed by atoms with Gasteiger partial charge < -0.3 is 9.84 Å². The topological polar surface area (TPSA) is 80.5 Å². The Balaban J connectivity index is 1.52. The number of aromatic nitrogens is 3. The fourth-order valence-corrected chi connectivity index (χ4v) is 4.82. The van der Waals surface area contributed by atoms with E-state index >= 15 is 0 Å². The molecule has 5 rings (SSSR count). The first-order chi connectivity index (χ1) is 14.2. The molecule has 4 heterocycles. The Morgan fingerprint density at radius 3 is 2.72 bits per heavy atom. The van der Waals surface area contributed by atoms with Gasteiger partial charge in [-0.2, -0.15) is 5.10 Å². The van der Waals surface area contributed by atoms with Crippen LogP contribution in [0.3, 0.4) is 0 Å². The van der Waals surface area contributed by atoms with Crippen molar-refractivity contribution in [2.75, 3.05) is 26.3 Å². The zero-order chi connectivity index (χ0) is 19.8. The lowest BCUT2D eigenvalue weighted by Gasteiger charge is -2.26. The minimum atomic E-state index is -1.00. The minimum Gasteiger partial charge on any atom is -0.476 e. The second kappa shape index (κ2) is 7.62. The van der Waals surface area contributed by atoms with Crippen molar-refractivity contribution >= 4 is 17.7 Å². The third kappa shape index (κ3) is 3.43. The SMILES string of the molecule is O=C(O)c1nn(-c2ccc(CN3CCOCC3)cc2)c2c1CSc1ncccc1-2. The third-order valence-electron chi connectivity index (χ3n) is 5.26. The van der Waals surface area contributed by atoms with Gasteiger partial charge in [-0.3, -0.25) is 4.90 Å². The van der Waals surface area contributed by atoms with E-state index in [4.69, 9.17) is 4.74 Å². The van der Waals surface area contributed by atoms with Gasteiger partial charge >= 0.3 is 5.97 Å². The molecule has 0 saturated carbocycles. The lowest BCUT2D eigenvalue weighted by atomic mass is 10.1. The van der Waals surface area contributed by atoms with E-state index in [2.05, 4.69) is 27.1 Å². The molecule has 3 aromatic rings. The summed E-state index contributed by atoms with van der Waals surface area (Å²) in [5.41, 5.74) is 4.68. The maximum atomic E-state index is 11.8. The average molecular weight is 408 g/mol. The number of carboxylic acids is 1. The molecule has 0 bridgehead atoms. The Morgan fingerprint density at radius 2 is 1.97 bits per heavy atom. The van der Waals surface area contributed by atoms with E-state index in [1.165, 1.54) is 5.56 Å². The van der Waals surface area contributed by atoms with Gasteiger partial charge in [-0.25, -0.2) is 14.5 Å². The van der Waals surface area contributed by atoms with Crippen molar-refractivity contribution in [2.45, 2.75) is 17.3 Å². The highest BCUT2D eigenvalue weighted by Gasteiger charge is 2.29. The van der Waals surface area contributed by atoms with Gasteiger partial charge in [0.2, 0.25) is 0 Å². The van der Waals surface area contributed by atoms with Crippen LogP contribution in [0.4, 0.5) is 0 Å². The molecule has 1 aromatic carbocycles. The summed E-state index contributed by atoms with van der Waals surface area (Å²) in [6, 6.07) is 12.0. The van der Waals surface area contributed by atoms with E-state index in [0.29, 0.717) is 5.75 Å². The molecule has 1 fully saturated rings. The van der Waals surface area contributed by atoms with Crippen molar-refractivity contribution in [3.63, 3.8) is 0 Å². The largest absolute Gasteiger partial charge is 0.476 e. The maximum absolute atomic E-state index is 11.8. The standard InChI is InChI=1S/C21H20N4O3S/c26-21(27)18-17-13-29-20-16(2-1-7-22-20)19(17)25(23-18)15-5-3-14(4-6-15)12-24-8-10-28-11-9-24/h1-7H,8-13H2,(H,26,27). The molecule has 0 radical (unpaired) electrons. The second-order valence-electron chi connectivity index (χ2n) is 7.09. The number of hydrogen-bond donors (Lipinski definition) is 1. The summed E-state index contributed by atoms with van der Waals surface area (Å²) in [6.07, 6.45) is 1.76. The number of morpholine rings is 1. The number of nitrogens with zero attached hydrogens (tertiary/aromatic N) is 4. The number of aromatic carboxylic acids is 1. The Hall–Kier alpha value is -2.68. The molecule has 1 N–H and O–H groups in total. The molecule has 2 aromatic heterocycles. The van der Waals surface area contributed by atoms with Crippen LogP contribution in [0.2, 0.25) is 0 Å². The number of fused-ring (bicyclic) bond motifs is 3. The summed E-state index contributed by atoms with van der Waals surface area (Å²) in [5, 5.41) is 15.0. The molecule has 0 unspecified atom stereocenters. The summed E-state index contributed by atoms with van der Waals surface area (Å²) in [5.74, 6) is -0.451. The van der Waals surface area contributed by atoms with Crippen molar-refractivity contribution < 1.29 is 14.6 Å². The Bertz CT molecular complexity index is 1060. The van der Waals surface area contributed by atoms with E-state index < -0.39 is 5.97 Å². The Labute approximate surface area is 172 Å². The highest BCUT2D eigenvalue weighted by atomic mass is 32.2. The van der Waals surface area contributed by atoms with Gasteiger partial charge in [-0.1, -0.05) is 12.1 Å². The first-order valence-corrected chi connectivity index (χ1v) is 10.5. The van der Waals surface area contributed by atoms with Gasteiger partial charge in [0.05, 0.1) is 24.6 Å². The molecule has 1 saturated heterocycles. The number of thioether (sulfide) groups is 1. The zero-order valence-electron chi connectivity index (χ0n) is 15.7. The number of ether oxygens (including phenoxy) is 1. The fourth-order valence-electron chi connectivity index (χ4n) is 3.81. The smallest absolute Gasteiger partial charge is 0.356 e. The van der Waals surface area contributed by atoms with E-state index in [-0.39, 0.29) is 5.69 Å². The van der Waals surface area contributed by atoms with Crippen molar-refractivity contribution in [1.29, 1.82) is 0 Å². The zero-order valence-corrected chi connectivity index (χ0v) is 16.6. The summed E-state index contributed by atoms with van der Waals surface area (Å²) in [7, 11) is 0. The lowest BCUT2D eigenvalue weighted by Crippen LogP contribution is -2.35. The number of rotatable bonds is 4. The van der Waals surface area contributed by atoms with Crippen LogP contribution in [0, 0.1) is 0 Å². The molecule has 7 nitrogen and oxygen atoms in total. The van der Waals surface area contributed by atoms with Crippen LogP contribution in [0.1, 0.15) is 21.6 Å². The number of benzene rings is 1. The molecule has 0 amide bonds. The van der Waals surface area contributed by atoms with Gasteiger partial charge in [-0.15, -0.1) is 11.8 Å². The van der Waals surface area contributed by atoms with Crippen molar-refractivity contribution in [3.05, 3.63) is 59.4 Å². The van der Waals surface area contributed by atoms with Crippen LogP contribution in [0.15, 0.2) is 47.6 Å². The van der Waals surface area contributed by atoms with E-state index in [1.807, 2.05) is 24.3 Å². The van der Waals surface area contributed by atoms with E-state index in [1.54, 1.807) is 22.6 Å². The molecule has 29 heavy (non-hydrogen) atoms. The monoisotopic (exact) mass is 408 g/mol. The number of carboxylic acid groups (broad SMARTS) is 1. The molecular weight excluding hydrogens is 388 g/mol. The first-order valence-electron chi connectivity index (χ1n) is 9.53. The third-order valence-corrected chi connectivity index (χ3v) is 6.29. The van der Waals surface area contributed by atoms with E-state index in [0.717, 1.165) is 60.4 Å². The molecule has 8 heteroatoms. The summed E-state index contributed by atoms with van der Waals surface area (Å²) >= 11 is 1.55. The molecule has 0 spiro atoms. The average Bonchev–Trinajstić information content (AvgIpc) is 3.16. The van der Waals surface area contributed by atoms with Crippen LogP contribution in [0.25, 0.3) is 16.9 Å². The number of hydrogen-bond acceptors (Lipinski definition) is 6. The van der Waals surface area contributed by atoms with E-state index in [9.17, 15) is 9.90 Å². The Kier molecular flexibility index (Phi) is 4.83. The van der Waals surface area contributed by atoms with Gasteiger partial charge in [0, 0.05) is 42.7 Å². The maximum Gasteiger partial charge on any atom is 0.356 e. The van der Waals surface area contributed by atoms with Gasteiger partial charge in [-0.05, 0) is 29.8 Å². The quantitative estimate of drug-likeness (QED) is 0.711. The predicted octanol–water partition coefficient (Wildman–Crippen LogP) is 3.07. The van der Waals surface area contributed by atoms with Crippen molar-refractivity contribution in [1.82, 2.24) is 19.7 Å². The normalized spacial score (nSPS) is 16.3. The molecule has 0 atom stereocenters. The fraction of sp³-hybridized carbons (Fsp3) is 0.286. The van der Waals surface area contributed by atoms with Crippen LogP contribution in [-0.4, -0.2) is 57.0 Å². The molecule has 2 aliphatic heterocycles. The summed E-state index contributed by atoms with van der Waals surface area (Å²) in [6.45, 7) is 4.32. The second-order valence-corrected chi connectivity index (χ2v) is 8.06. The van der Waals surface area contributed by atoms with Crippen molar-refractivity contribution in [3.8, 4) is 16.9 Å². The molecule has 0 aliphatic carbocycles. The predicted molar refractivity (Wildman–Crippen MR) is 109 cm³/mol. The molecule has 148 valence electrons. The summed E-state index contributed by atoms with van der Waals surface area (Å²) in [4.78, 5) is 18.6. The van der Waals surface area contributed by atoms with Crippen LogP contribution < -0.4 is 0 Å². The highest BCUT2D eigenvalue weighted by Crippen LogP contribution is 2.42. The highest BCUT2D eigenvalue weighted by molar-refractivity contribution is 7.98. The van der Waals surface area contributed by atoms with Gasteiger partial charge in [0.15, 0.2) is 5.69 Å². The van der Waals surface area contributed by atoms with Gasteiger partial charge in [0.25, 0.3) is 0 Å². The van der Waals surface area contributed by atoms with Gasteiger partial charge in [0.1, 0.15) is 5.03 Å². The summed E-state index contributed by atoms with van der Waals surface area (Å²) < 4.78 is 7.16. The van der Waals surface area contributed by atoms with Crippen LogP contribution in [-0.2, 0) is 17.0 Å². The number of pyridine rings is 1. The van der Waals surface area contributed by atoms with Crippen LogP contribution >= 0.6 is 11.8 Å². The van der Waals surface area contributed by atoms with Crippen molar-refractivity contribution in [2.24, 2.45) is 0 Å². The first kappa shape index (κ1) is 18.4.